The molecule has 0 radical (unpaired) electrons. The van der Waals surface area contributed by atoms with Crippen molar-refractivity contribution in [2.75, 3.05) is 4.31 Å². The van der Waals surface area contributed by atoms with Crippen molar-refractivity contribution in [2.24, 2.45) is 0 Å². The van der Waals surface area contributed by atoms with Gasteiger partial charge < -0.3 is 0 Å². The topological polar surface area (TPSA) is 61.2 Å². The summed E-state index contributed by atoms with van der Waals surface area (Å²) in [7, 11) is -3.99. The van der Waals surface area contributed by atoms with Gasteiger partial charge in [0.25, 0.3) is 10.0 Å². The van der Waals surface area contributed by atoms with Crippen molar-refractivity contribution in [2.45, 2.75) is 11.4 Å². The third-order valence-electron chi connectivity index (χ3n) is 3.93. The number of benzene rings is 3. The van der Waals surface area contributed by atoms with E-state index in [1.165, 1.54) is 48.5 Å². The molecule has 0 saturated heterocycles. The second kappa shape index (κ2) is 7.56. The lowest BCUT2D eigenvalue weighted by Gasteiger charge is -2.25. The van der Waals surface area contributed by atoms with Gasteiger partial charge in [-0.15, -0.1) is 0 Å². The third kappa shape index (κ3) is 3.96. The predicted octanol–water partition coefficient (Wildman–Crippen LogP) is 4.23. The van der Waals surface area contributed by atoms with Crippen molar-refractivity contribution in [3.63, 3.8) is 0 Å². The van der Waals surface area contributed by atoms with Gasteiger partial charge in [-0.2, -0.15) is 5.26 Å². The maximum atomic E-state index is 13.7. The van der Waals surface area contributed by atoms with Crippen LogP contribution in [0.15, 0.2) is 77.7 Å². The summed E-state index contributed by atoms with van der Waals surface area (Å²) >= 11 is 0. The van der Waals surface area contributed by atoms with Crippen LogP contribution in [0.3, 0.4) is 0 Å². The van der Waals surface area contributed by atoms with Crippen LogP contribution < -0.4 is 4.31 Å². The summed E-state index contributed by atoms with van der Waals surface area (Å²) in [5.74, 6) is -1.18. The molecule has 0 amide bonds. The number of nitrogens with zero attached hydrogens (tertiary/aromatic N) is 2. The summed E-state index contributed by atoms with van der Waals surface area (Å²) in [6.45, 7) is -0.103. The van der Waals surface area contributed by atoms with Crippen molar-refractivity contribution in [1.29, 1.82) is 5.26 Å². The minimum Gasteiger partial charge on any atom is -0.262 e. The van der Waals surface area contributed by atoms with Crippen LogP contribution >= 0.6 is 0 Å². The van der Waals surface area contributed by atoms with Crippen LogP contribution in [0, 0.1) is 23.0 Å². The highest BCUT2D eigenvalue weighted by Gasteiger charge is 2.26. The average Bonchev–Trinajstić information content (AvgIpc) is 2.68. The number of anilines is 1. The van der Waals surface area contributed by atoms with Crippen LogP contribution in [0.1, 0.15) is 11.1 Å². The van der Waals surface area contributed by atoms with Crippen LogP contribution in [-0.2, 0) is 16.6 Å². The van der Waals surface area contributed by atoms with Crippen LogP contribution in [0.5, 0.6) is 0 Å². The Labute approximate surface area is 156 Å². The van der Waals surface area contributed by atoms with E-state index in [1.54, 1.807) is 24.3 Å². The Morgan fingerprint density at radius 2 is 1.59 bits per heavy atom. The normalized spacial score (nSPS) is 11.0. The quantitative estimate of drug-likeness (QED) is 0.661. The molecule has 0 fully saturated rings. The first-order valence-electron chi connectivity index (χ1n) is 7.94. The lowest BCUT2D eigenvalue weighted by molar-refractivity contribution is 0.590. The zero-order valence-electron chi connectivity index (χ0n) is 14.0. The fraction of sp³-hybridized carbons (Fsp3) is 0.0500. The number of rotatable bonds is 5. The highest BCUT2D eigenvalue weighted by atomic mass is 32.2. The van der Waals surface area contributed by atoms with Gasteiger partial charge in [-0.25, -0.2) is 17.2 Å². The zero-order chi connectivity index (χ0) is 19.4. The minimum absolute atomic E-state index is 0.0509. The van der Waals surface area contributed by atoms with E-state index in [2.05, 4.69) is 0 Å². The molecule has 27 heavy (non-hydrogen) atoms. The lowest BCUT2D eigenvalue weighted by Crippen LogP contribution is -2.30. The fourth-order valence-corrected chi connectivity index (χ4v) is 4.01. The zero-order valence-corrected chi connectivity index (χ0v) is 14.8. The molecule has 4 nitrogen and oxygen atoms in total. The largest absolute Gasteiger partial charge is 0.264 e. The SMILES string of the molecule is N#Cc1cc(N(Cc2ccc(F)cc2)S(=O)(=O)c2ccccc2)ccc1F. The third-order valence-corrected chi connectivity index (χ3v) is 5.72. The summed E-state index contributed by atoms with van der Waals surface area (Å²) in [6.07, 6.45) is 0. The van der Waals surface area contributed by atoms with Gasteiger partial charge >= 0.3 is 0 Å². The number of sulfonamides is 1. The van der Waals surface area contributed by atoms with Crippen molar-refractivity contribution in [3.05, 3.63) is 95.6 Å². The highest BCUT2D eigenvalue weighted by molar-refractivity contribution is 7.92. The van der Waals surface area contributed by atoms with Crippen LogP contribution in [0.2, 0.25) is 0 Å². The maximum absolute atomic E-state index is 13.7. The van der Waals surface area contributed by atoms with E-state index in [1.807, 2.05) is 0 Å². The van der Waals surface area contributed by atoms with Crippen molar-refractivity contribution in [3.8, 4) is 6.07 Å². The summed E-state index contributed by atoms with van der Waals surface area (Å²) in [5.41, 5.74) is 0.416. The molecular formula is C20H14F2N2O2S. The first-order valence-corrected chi connectivity index (χ1v) is 9.38. The van der Waals surface area contributed by atoms with Gasteiger partial charge in [0, 0.05) is 0 Å². The monoisotopic (exact) mass is 384 g/mol. The Hall–Kier alpha value is -3.24. The van der Waals surface area contributed by atoms with E-state index < -0.39 is 21.7 Å². The molecule has 0 bridgehead atoms. The summed E-state index contributed by atoms with van der Waals surface area (Å²) in [6, 6.07) is 18.4. The second-order valence-corrected chi connectivity index (χ2v) is 7.59. The summed E-state index contributed by atoms with van der Waals surface area (Å²) < 4.78 is 54.3. The lowest BCUT2D eigenvalue weighted by atomic mass is 10.2. The van der Waals surface area contributed by atoms with E-state index in [4.69, 9.17) is 5.26 Å². The fourth-order valence-electron chi connectivity index (χ4n) is 2.54. The van der Waals surface area contributed by atoms with E-state index in [9.17, 15) is 17.2 Å². The van der Waals surface area contributed by atoms with Gasteiger partial charge in [0.2, 0.25) is 0 Å². The molecule has 0 heterocycles. The Bertz CT molecular complexity index is 1090. The van der Waals surface area contributed by atoms with Crippen molar-refractivity contribution >= 4 is 15.7 Å². The Morgan fingerprint density at radius 1 is 0.926 bits per heavy atom. The van der Waals surface area contributed by atoms with E-state index in [-0.39, 0.29) is 22.7 Å². The second-order valence-electron chi connectivity index (χ2n) is 5.73. The standard InChI is InChI=1S/C20H14F2N2O2S/c21-17-8-6-15(7-9-17)14-24(18-10-11-20(22)16(12-18)13-23)27(25,26)19-4-2-1-3-5-19/h1-12H,14H2. The molecule has 0 aliphatic heterocycles. The number of halogens is 2. The van der Waals surface area contributed by atoms with E-state index in [0.29, 0.717) is 5.56 Å². The Balaban J connectivity index is 2.12. The molecule has 0 aliphatic rings. The van der Waals surface area contributed by atoms with Crippen LogP contribution in [0.25, 0.3) is 0 Å². The molecule has 3 rings (SSSR count). The molecule has 0 saturated carbocycles. The number of hydrogen-bond acceptors (Lipinski definition) is 3. The molecule has 3 aromatic carbocycles. The Kier molecular flexibility index (Phi) is 5.19. The molecule has 0 spiro atoms. The maximum Gasteiger partial charge on any atom is 0.264 e. The van der Waals surface area contributed by atoms with Gasteiger partial charge in [0.05, 0.1) is 22.7 Å². The molecule has 0 N–H and O–H groups in total. The van der Waals surface area contributed by atoms with Gasteiger partial charge in [-0.1, -0.05) is 30.3 Å². The van der Waals surface area contributed by atoms with Gasteiger partial charge in [0.15, 0.2) is 0 Å². The minimum atomic E-state index is -3.99. The highest BCUT2D eigenvalue weighted by Crippen LogP contribution is 2.27. The molecular weight excluding hydrogens is 370 g/mol. The van der Waals surface area contributed by atoms with Crippen LogP contribution in [0.4, 0.5) is 14.5 Å². The molecule has 7 heteroatoms. The van der Waals surface area contributed by atoms with Gasteiger partial charge in [-0.05, 0) is 48.0 Å². The van der Waals surface area contributed by atoms with Gasteiger partial charge in [-0.3, -0.25) is 4.31 Å². The number of hydrogen-bond donors (Lipinski definition) is 0. The smallest absolute Gasteiger partial charge is 0.262 e. The molecule has 0 aliphatic carbocycles. The molecule has 0 unspecified atom stereocenters. The van der Waals surface area contributed by atoms with Crippen molar-refractivity contribution < 1.29 is 17.2 Å². The first-order chi connectivity index (χ1) is 12.9. The molecule has 0 atom stereocenters. The van der Waals surface area contributed by atoms with E-state index >= 15 is 0 Å². The molecule has 3 aromatic rings. The molecule has 0 aromatic heterocycles. The van der Waals surface area contributed by atoms with Gasteiger partial charge in [0.1, 0.15) is 17.7 Å². The van der Waals surface area contributed by atoms with E-state index in [0.717, 1.165) is 10.4 Å². The summed E-state index contributed by atoms with van der Waals surface area (Å²) in [5, 5.41) is 9.07. The predicted molar refractivity (Wildman–Crippen MR) is 97.3 cm³/mol. The van der Waals surface area contributed by atoms with Crippen molar-refractivity contribution in [1.82, 2.24) is 0 Å². The van der Waals surface area contributed by atoms with Crippen LogP contribution in [-0.4, -0.2) is 8.42 Å². The Morgan fingerprint density at radius 3 is 2.22 bits per heavy atom. The average molecular weight is 384 g/mol. The molecule has 136 valence electrons. The summed E-state index contributed by atoms with van der Waals surface area (Å²) in [4.78, 5) is 0.0509. The first kappa shape index (κ1) is 18.5. The number of nitriles is 1.